The summed E-state index contributed by atoms with van der Waals surface area (Å²) in [5.41, 5.74) is 6.50. The van der Waals surface area contributed by atoms with Crippen LogP contribution in [0.4, 0.5) is 19.2 Å². The summed E-state index contributed by atoms with van der Waals surface area (Å²) in [4.78, 5) is 143. The van der Waals surface area contributed by atoms with Crippen LogP contribution in [0.25, 0.3) is 0 Å². The fourth-order valence-corrected chi connectivity index (χ4v) is 13.6. The van der Waals surface area contributed by atoms with Crippen LogP contribution in [0.5, 0.6) is 0 Å². The van der Waals surface area contributed by atoms with Gasteiger partial charge in [0.1, 0.15) is 24.4 Å². The molecule has 0 radical (unpaired) electrons. The first-order valence-electron chi connectivity index (χ1n) is 29.3. The maximum atomic E-state index is 13.1. The van der Waals surface area contributed by atoms with E-state index in [-0.39, 0.29) is 45.9 Å². The summed E-state index contributed by atoms with van der Waals surface area (Å²) >= 11 is 0. The van der Waals surface area contributed by atoms with Crippen LogP contribution in [-0.4, -0.2) is 72.9 Å². The molecule has 4 aliphatic rings. The summed E-state index contributed by atoms with van der Waals surface area (Å²) < 4.78 is 23.1. The Balaban J connectivity index is 0.983. The van der Waals surface area contributed by atoms with Gasteiger partial charge in [-0.05, 0) is 234 Å². The average molecular weight is 1180 g/mol. The number of ether oxygens (including phenoxy) is 4. The van der Waals surface area contributed by atoms with Gasteiger partial charge in [-0.15, -0.1) is 0 Å². The Morgan fingerprint density at radius 1 is 0.282 bits per heavy atom. The first-order valence-corrected chi connectivity index (χ1v) is 29.3. The molecule has 4 saturated carbocycles. The minimum Gasteiger partial charge on any atom is -0.428 e. The van der Waals surface area contributed by atoms with Gasteiger partial charge >= 0.3 is 48.5 Å². The molecule has 4 aromatic rings. The molecule has 0 aromatic heterocycles. The molecule has 4 aromatic carbocycles. The molecule has 20 heteroatoms. The molecule has 20 nitrogen and oxygen atoms in total. The number of benzene rings is 4. The Bertz CT molecular complexity index is 2670. The van der Waals surface area contributed by atoms with Crippen LogP contribution in [0, 0.1) is 84.5 Å². The fourth-order valence-electron chi connectivity index (χ4n) is 13.6. The van der Waals surface area contributed by atoms with Crippen LogP contribution in [0.15, 0.2) is 72.8 Å². The molecular formula is C65H76O20. The number of hydrogen-bond acceptors (Lipinski definition) is 20. The van der Waals surface area contributed by atoms with Crippen molar-refractivity contribution in [3.05, 3.63) is 140 Å². The van der Waals surface area contributed by atoms with Crippen LogP contribution in [0.1, 0.15) is 189 Å². The van der Waals surface area contributed by atoms with Crippen molar-refractivity contribution in [1.29, 1.82) is 0 Å². The maximum Gasteiger partial charge on any atom is 0.550 e. The van der Waals surface area contributed by atoms with E-state index >= 15 is 0 Å². The zero-order valence-electron chi connectivity index (χ0n) is 49.5. The largest absolute Gasteiger partial charge is 0.550 e. The maximum absolute atomic E-state index is 13.1. The van der Waals surface area contributed by atoms with E-state index in [4.69, 9.17) is 58.0 Å². The van der Waals surface area contributed by atoms with Gasteiger partial charge in [0.05, 0.1) is 22.3 Å². The number of aryl methyl sites for hydroxylation is 8. The summed E-state index contributed by atoms with van der Waals surface area (Å²) in [5, 5.41) is 0. The van der Waals surface area contributed by atoms with Crippen LogP contribution in [-0.2, 0) is 58.0 Å². The summed E-state index contributed by atoms with van der Waals surface area (Å²) in [6.45, 7) is 14.3. The lowest BCUT2D eigenvalue weighted by molar-refractivity contribution is -0.213. The third kappa shape index (κ3) is 16.2. The Labute approximate surface area is 494 Å². The fraction of sp³-hybridized carbons (Fsp3) is 0.508. The normalized spacial score (nSPS) is 22.8. The van der Waals surface area contributed by atoms with Crippen LogP contribution < -0.4 is 0 Å². The monoisotopic (exact) mass is 1180 g/mol. The predicted molar refractivity (Wildman–Crippen MR) is 301 cm³/mol. The average Bonchev–Trinajstić information content (AvgIpc) is 1.07. The quantitative estimate of drug-likeness (QED) is 0.0553. The first-order chi connectivity index (χ1) is 40.7. The van der Waals surface area contributed by atoms with Gasteiger partial charge in [-0.3, -0.25) is 0 Å². The van der Waals surface area contributed by atoms with E-state index in [1.165, 1.54) is 0 Å². The van der Waals surface area contributed by atoms with Crippen molar-refractivity contribution in [2.45, 2.75) is 183 Å². The van der Waals surface area contributed by atoms with E-state index in [1.807, 2.05) is 52.0 Å². The first kappa shape index (κ1) is 62.9. The standard InChI is InChI=1S/C65H76O20/c1-37-9-13-41(5)53(33-37)57(66)78-82-61(70)74-49-25-17-45(18-26-49)65(46-19-27-50(28-20-46)75-62(71)83-79-58(67)54-34-38(2)10-14-42(54)6,47-21-29-51(30-22-47)76-63(72)84-80-59(68)55-35-39(3)11-15-43(55)7)48-23-31-52(32-24-48)77-64(73)85-81-60(69)56-36-40(4)12-16-44(56)8/h9-16,33-36,45-52H,17-32H2,1-8H3. The second-order valence-corrected chi connectivity index (χ2v) is 23.5. The van der Waals surface area contributed by atoms with Gasteiger partial charge in [-0.25, -0.2) is 58.3 Å². The molecule has 0 atom stereocenters. The Morgan fingerprint density at radius 3 is 0.659 bits per heavy atom. The van der Waals surface area contributed by atoms with Crippen molar-refractivity contribution in [3.8, 4) is 0 Å². The van der Waals surface area contributed by atoms with E-state index in [1.54, 1.807) is 76.2 Å². The van der Waals surface area contributed by atoms with Gasteiger partial charge in [0.25, 0.3) is 0 Å². The van der Waals surface area contributed by atoms with Crippen molar-refractivity contribution in [1.82, 2.24) is 0 Å². The molecule has 85 heavy (non-hydrogen) atoms. The van der Waals surface area contributed by atoms with Gasteiger partial charge in [0.15, 0.2) is 0 Å². The molecule has 456 valence electrons. The van der Waals surface area contributed by atoms with Gasteiger partial charge in [-0.1, -0.05) is 70.8 Å². The predicted octanol–water partition coefficient (Wildman–Crippen LogP) is 14.4. The highest BCUT2D eigenvalue weighted by molar-refractivity contribution is 5.93. The van der Waals surface area contributed by atoms with E-state index in [2.05, 4.69) is 0 Å². The van der Waals surface area contributed by atoms with Gasteiger partial charge < -0.3 is 18.9 Å². The van der Waals surface area contributed by atoms with Crippen LogP contribution in [0.2, 0.25) is 0 Å². The second-order valence-electron chi connectivity index (χ2n) is 23.5. The summed E-state index contributed by atoms with van der Waals surface area (Å²) in [7, 11) is 0. The summed E-state index contributed by atoms with van der Waals surface area (Å²) in [6, 6.07) is 21.1. The topological polar surface area (TPSA) is 247 Å². The zero-order valence-corrected chi connectivity index (χ0v) is 49.5. The van der Waals surface area contributed by atoms with E-state index in [0.717, 1.165) is 22.3 Å². The van der Waals surface area contributed by atoms with Crippen molar-refractivity contribution >= 4 is 48.5 Å². The lowest BCUT2D eigenvalue weighted by Gasteiger charge is -2.60. The molecule has 0 aliphatic heterocycles. The molecule has 0 spiro atoms. The van der Waals surface area contributed by atoms with Crippen LogP contribution in [0.3, 0.4) is 0 Å². The Kier molecular flexibility index (Phi) is 21.2. The molecular weight excluding hydrogens is 1100 g/mol. The van der Waals surface area contributed by atoms with Crippen LogP contribution >= 0.6 is 0 Å². The highest BCUT2D eigenvalue weighted by Gasteiger charge is 2.57. The minimum absolute atomic E-state index is 0.0521. The second kappa shape index (κ2) is 28.6. The molecule has 8 rings (SSSR count). The van der Waals surface area contributed by atoms with E-state index < -0.39 is 78.3 Å². The van der Waals surface area contributed by atoms with Crippen molar-refractivity contribution < 1.29 is 96.4 Å². The lowest BCUT2D eigenvalue weighted by atomic mass is 9.45. The lowest BCUT2D eigenvalue weighted by Crippen LogP contribution is -2.54. The highest BCUT2D eigenvalue weighted by atomic mass is 17.3. The summed E-state index contributed by atoms with van der Waals surface area (Å²) in [5.74, 6) is -3.12. The third-order valence-electron chi connectivity index (χ3n) is 17.8. The van der Waals surface area contributed by atoms with Gasteiger partial charge in [0, 0.05) is 0 Å². The molecule has 0 heterocycles. The third-order valence-corrected chi connectivity index (χ3v) is 17.8. The molecule has 4 aliphatic carbocycles. The number of carbonyl (C=O) groups is 8. The summed E-state index contributed by atoms with van der Waals surface area (Å²) in [6.07, 6.45) is 2.03. The van der Waals surface area contributed by atoms with Gasteiger partial charge in [0.2, 0.25) is 0 Å². The Morgan fingerprint density at radius 2 is 0.471 bits per heavy atom. The van der Waals surface area contributed by atoms with Gasteiger partial charge in [-0.2, -0.15) is 19.2 Å². The molecule has 0 saturated heterocycles. The van der Waals surface area contributed by atoms with Crippen molar-refractivity contribution in [2.24, 2.45) is 29.1 Å². The number of carbonyl (C=O) groups excluding carboxylic acids is 8. The molecule has 0 bridgehead atoms. The van der Waals surface area contributed by atoms with Crippen molar-refractivity contribution in [2.75, 3.05) is 0 Å². The van der Waals surface area contributed by atoms with Crippen molar-refractivity contribution in [3.63, 3.8) is 0 Å². The molecule has 0 unspecified atom stereocenters. The molecule has 4 fully saturated rings. The SMILES string of the molecule is Cc1ccc(C)c(C(=O)OOC(=O)OC2CCC(C(C3CCC(OC(=O)OOC(=O)c4cc(C)ccc4C)CC3)(C3CCC(OC(=O)OOC(=O)c4cc(C)ccc4C)CC3)C3CCC(OC(=O)OOC(=O)c4cc(C)ccc4C)CC3)CC2)c1. The molecule has 0 N–H and O–H groups in total. The Hall–Kier alpha value is -8.16. The van der Waals surface area contributed by atoms with E-state index in [0.29, 0.717) is 125 Å². The number of rotatable bonds is 12. The smallest absolute Gasteiger partial charge is 0.428 e. The zero-order chi connectivity index (χ0) is 61.0. The number of hydrogen-bond donors (Lipinski definition) is 0. The molecule has 0 amide bonds. The minimum atomic E-state index is -1.14. The highest BCUT2D eigenvalue weighted by Crippen LogP contribution is 2.63. The van der Waals surface area contributed by atoms with E-state index in [9.17, 15) is 38.4 Å².